The van der Waals surface area contributed by atoms with Crippen LogP contribution >= 0.6 is 0 Å². The van der Waals surface area contributed by atoms with Crippen LogP contribution in [0.5, 0.6) is 5.75 Å². The molecule has 162 valence electrons. The molecule has 6 nitrogen and oxygen atoms in total. The third-order valence-electron chi connectivity index (χ3n) is 4.90. The first-order chi connectivity index (χ1) is 14.7. The van der Waals surface area contributed by atoms with E-state index in [0.29, 0.717) is 17.1 Å². The van der Waals surface area contributed by atoms with E-state index < -0.39 is 16.1 Å². The Hall–Kier alpha value is -3.32. The second kappa shape index (κ2) is 9.22. The van der Waals surface area contributed by atoms with Gasteiger partial charge in [0.25, 0.3) is 15.9 Å². The molecule has 0 spiro atoms. The molecule has 0 aliphatic rings. The molecule has 0 bridgehead atoms. The number of anilines is 2. The van der Waals surface area contributed by atoms with Gasteiger partial charge in [-0.1, -0.05) is 24.3 Å². The summed E-state index contributed by atoms with van der Waals surface area (Å²) in [5, 5.41) is 2.76. The van der Waals surface area contributed by atoms with E-state index in [0.717, 1.165) is 16.7 Å². The Morgan fingerprint density at radius 3 is 2.19 bits per heavy atom. The van der Waals surface area contributed by atoms with Crippen LogP contribution in [0.25, 0.3) is 0 Å². The molecular formula is C24H26N2O4S. The first-order valence-corrected chi connectivity index (χ1v) is 11.4. The molecule has 0 saturated carbocycles. The van der Waals surface area contributed by atoms with Crippen LogP contribution < -0.4 is 14.8 Å². The highest BCUT2D eigenvalue weighted by Gasteiger charge is 2.18. The van der Waals surface area contributed by atoms with Gasteiger partial charge in [0.15, 0.2) is 6.10 Å². The minimum atomic E-state index is -3.72. The van der Waals surface area contributed by atoms with Crippen molar-refractivity contribution in [3.05, 3.63) is 83.4 Å². The summed E-state index contributed by atoms with van der Waals surface area (Å²) < 4.78 is 33.4. The number of hydrogen-bond donors (Lipinski definition) is 2. The third kappa shape index (κ3) is 5.64. The summed E-state index contributed by atoms with van der Waals surface area (Å²) in [6.07, 6.45) is -0.719. The van der Waals surface area contributed by atoms with Crippen molar-refractivity contribution in [1.82, 2.24) is 0 Å². The van der Waals surface area contributed by atoms with Gasteiger partial charge < -0.3 is 10.1 Å². The summed E-state index contributed by atoms with van der Waals surface area (Å²) in [5.41, 5.74) is 4.12. The van der Waals surface area contributed by atoms with Gasteiger partial charge in [-0.15, -0.1) is 0 Å². The number of carbonyl (C=O) groups excluding carboxylic acids is 1. The van der Waals surface area contributed by atoms with Gasteiger partial charge in [-0.2, -0.15) is 0 Å². The van der Waals surface area contributed by atoms with Crippen LogP contribution in [0.4, 0.5) is 11.4 Å². The molecule has 3 aromatic carbocycles. The Morgan fingerprint density at radius 2 is 1.55 bits per heavy atom. The summed E-state index contributed by atoms with van der Waals surface area (Å²) in [6, 6.07) is 18.6. The molecule has 3 rings (SSSR count). The van der Waals surface area contributed by atoms with Crippen molar-refractivity contribution >= 4 is 27.3 Å². The average molecular weight is 439 g/mol. The van der Waals surface area contributed by atoms with Crippen molar-refractivity contribution < 1.29 is 17.9 Å². The third-order valence-corrected chi connectivity index (χ3v) is 6.29. The molecule has 0 aromatic heterocycles. The topological polar surface area (TPSA) is 84.5 Å². The molecule has 0 fully saturated rings. The Morgan fingerprint density at radius 1 is 0.903 bits per heavy atom. The fourth-order valence-electron chi connectivity index (χ4n) is 3.05. The molecule has 0 aliphatic carbocycles. The van der Waals surface area contributed by atoms with E-state index in [2.05, 4.69) is 16.1 Å². The van der Waals surface area contributed by atoms with Crippen LogP contribution in [0.1, 0.15) is 23.6 Å². The van der Waals surface area contributed by atoms with Crippen molar-refractivity contribution in [2.75, 3.05) is 10.0 Å². The first-order valence-electron chi connectivity index (χ1n) is 9.89. The lowest BCUT2D eigenvalue weighted by atomic mass is 10.1. The van der Waals surface area contributed by atoms with Crippen molar-refractivity contribution in [2.24, 2.45) is 0 Å². The minimum Gasteiger partial charge on any atom is -0.481 e. The van der Waals surface area contributed by atoms with E-state index >= 15 is 0 Å². The Labute approximate surface area is 183 Å². The molecule has 0 unspecified atom stereocenters. The van der Waals surface area contributed by atoms with Crippen LogP contribution in [0, 0.1) is 20.8 Å². The number of benzene rings is 3. The Balaban J connectivity index is 1.66. The predicted molar refractivity (Wildman–Crippen MR) is 123 cm³/mol. The second-order valence-electron chi connectivity index (χ2n) is 7.45. The van der Waals surface area contributed by atoms with Crippen molar-refractivity contribution in [1.29, 1.82) is 0 Å². The van der Waals surface area contributed by atoms with E-state index in [-0.39, 0.29) is 10.8 Å². The standard InChI is InChI=1S/C24H26N2O4S/c1-16-14-17(2)18(3)23(15-16)30-19(4)24(27)25-20-10-12-22(13-11-20)31(28,29)26-21-8-6-5-7-9-21/h5-15,19,26H,1-4H3,(H,25,27)/t19-/m1/s1. The van der Waals surface area contributed by atoms with Crippen LogP contribution in [0.3, 0.4) is 0 Å². The number of rotatable bonds is 7. The highest BCUT2D eigenvalue weighted by molar-refractivity contribution is 7.92. The summed E-state index contributed by atoms with van der Waals surface area (Å²) in [7, 11) is -3.72. The molecule has 7 heteroatoms. The van der Waals surface area contributed by atoms with Crippen LogP contribution in [0.2, 0.25) is 0 Å². The van der Waals surface area contributed by atoms with Gasteiger partial charge >= 0.3 is 0 Å². The summed E-state index contributed by atoms with van der Waals surface area (Å²) >= 11 is 0. The van der Waals surface area contributed by atoms with Gasteiger partial charge in [0.2, 0.25) is 0 Å². The van der Waals surface area contributed by atoms with Gasteiger partial charge in [0.05, 0.1) is 4.90 Å². The first kappa shape index (κ1) is 22.4. The molecule has 0 heterocycles. The number of aryl methyl sites for hydroxylation is 2. The molecule has 1 amide bonds. The smallest absolute Gasteiger partial charge is 0.265 e. The zero-order valence-electron chi connectivity index (χ0n) is 18.0. The average Bonchev–Trinajstić information content (AvgIpc) is 2.72. The lowest BCUT2D eigenvalue weighted by molar-refractivity contribution is -0.122. The van der Waals surface area contributed by atoms with Gasteiger partial charge in [0, 0.05) is 11.4 Å². The number of nitrogens with one attached hydrogen (secondary N) is 2. The highest BCUT2D eigenvalue weighted by atomic mass is 32.2. The fraction of sp³-hybridized carbons (Fsp3) is 0.208. The van der Waals surface area contributed by atoms with Gasteiger partial charge in [0.1, 0.15) is 5.75 Å². The number of hydrogen-bond acceptors (Lipinski definition) is 4. The summed E-state index contributed by atoms with van der Waals surface area (Å²) in [4.78, 5) is 12.7. The molecule has 31 heavy (non-hydrogen) atoms. The molecular weight excluding hydrogens is 412 g/mol. The van der Waals surface area contributed by atoms with Gasteiger partial charge in [-0.25, -0.2) is 8.42 Å². The minimum absolute atomic E-state index is 0.101. The molecule has 0 saturated heterocycles. The molecule has 1 atom stereocenters. The maximum Gasteiger partial charge on any atom is 0.265 e. The number of sulfonamides is 1. The van der Waals surface area contributed by atoms with Gasteiger partial charge in [-0.05, 0) is 86.8 Å². The number of ether oxygens (including phenoxy) is 1. The molecule has 3 aromatic rings. The Bertz CT molecular complexity index is 1170. The quantitative estimate of drug-likeness (QED) is 0.554. The number of amides is 1. The summed E-state index contributed by atoms with van der Waals surface area (Å²) in [6.45, 7) is 7.61. The Kier molecular flexibility index (Phi) is 6.65. The summed E-state index contributed by atoms with van der Waals surface area (Å²) in [5.74, 6) is 0.352. The maximum atomic E-state index is 12.6. The largest absolute Gasteiger partial charge is 0.481 e. The van der Waals surface area contributed by atoms with Crippen LogP contribution in [-0.4, -0.2) is 20.4 Å². The van der Waals surface area contributed by atoms with Gasteiger partial charge in [-0.3, -0.25) is 9.52 Å². The zero-order valence-corrected chi connectivity index (χ0v) is 18.8. The van der Waals surface area contributed by atoms with E-state index in [9.17, 15) is 13.2 Å². The van der Waals surface area contributed by atoms with E-state index in [1.165, 1.54) is 12.1 Å². The van der Waals surface area contributed by atoms with Crippen molar-refractivity contribution in [3.8, 4) is 5.75 Å². The second-order valence-corrected chi connectivity index (χ2v) is 9.13. The lowest BCUT2D eigenvalue weighted by Crippen LogP contribution is -2.30. The number of para-hydroxylation sites is 1. The lowest BCUT2D eigenvalue weighted by Gasteiger charge is -2.18. The van der Waals surface area contributed by atoms with E-state index in [1.807, 2.05) is 26.8 Å². The van der Waals surface area contributed by atoms with E-state index in [4.69, 9.17) is 4.74 Å². The van der Waals surface area contributed by atoms with E-state index in [1.54, 1.807) is 49.4 Å². The fourth-order valence-corrected chi connectivity index (χ4v) is 4.11. The molecule has 2 N–H and O–H groups in total. The van der Waals surface area contributed by atoms with Crippen molar-refractivity contribution in [2.45, 2.75) is 38.7 Å². The SMILES string of the molecule is Cc1cc(C)c(C)c(O[C@H](C)C(=O)Nc2ccc(S(=O)(=O)Nc3ccccc3)cc2)c1. The normalized spacial score (nSPS) is 12.1. The maximum absolute atomic E-state index is 12.6. The highest BCUT2D eigenvalue weighted by Crippen LogP contribution is 2.25. The molecule has 0 radical (unpaired) electrons. The zero-order chi connectivity index (χ0) is 22.6. The molecule has 0 aliphatic heterocycles. The number of carbonyl (C=O) groups is 1. The van der Waals surface area contributed by atoms with Crippen LogP contribution in [0.15, 0.2) is 71.6 Å². The monoisotopic (exact) mass is 438 g/mol. The van der Waals surface area contributed by atoms with Crippen molar-refractivity contribution in [3.63, 3.8) is 0 Å². The predicted octanol–water partition coefficient (Wildman–Crippen LogP) is 4.82. The van der Waals surface area contributed by atoms with Crippen LogP contribution in [-0.2, 0) is 14.8 Å².